The van der Waals surface area contributed by atoms with Crippen LogP contribution < -0.4 is 15.8 Å². The average molecular weight is 422 g/mol. The van der Waals surface area contributed by atoms with E-state index in [1.807, 2.05) is 0 Å². The molecule has 0 aromatic heterocycles. The van der Waals surface area contributed by atoms with E-state index in [0.29, 0.717) is 17.0 Å². The van der Waals surface area contributed by atoms with Gasteiger partial charge in [-0.05, 0) is 48.7 Å². The number of anilines is 1. The minimum Gasteiger partial charge on any atom is -0.484 e. The lowest BCUT2D eigenvalue weighted by Crippen LogP contribution is -2.45. The van der Waals surface area contributed by atoms with Gasteiger partial charge in [-0.15, -0.1) is 0 Å². The number of alkyl halides is 3. The third-order valence-corrected chi connectivity index (χ3v) is 5.02. The van der Waals surface area contributed by atoms with E-state index in [4.69, 9.17) is 15.2 Å². The maximum atomic E-state index is 13.2. The molecule has 1 saturated heterocycles. The van der Waals surface area contributed by atoms with Gasteiger partial charge in [0, 0.05) is 18.9 Å². The molecule has 0 bridgehead atoms. The number of rotatable bonds is 6. The van der Waals surface area contributed by atoms with E-state index in [1.165, 1.54) is 6.07 Å². The maximum absolute atomic E-state index is 13.2. The smallest absolute Gasteiger partial charge is 0.416 e. The van der Waals surface area contributed by atoms with Gasteiger partial charge in [0.15, 0.2) is 6.61 Å². The second-order valence-corrected chi connectivity index (χ2v) is 7.01. The van der Waals surface area contributed by atoms with E-state index in [1.54, 1.807) is 30.3 Å². The van der Waals surface area contributed by atoms with Gasteiger partial charge in [-0.25, -0.2) is 0 Å². The standard InChI is InChI=1S/C21H21F3N2O4/c22-21(23,24)15-3-1-2-14(12-15)20(8-10-29-11-9-20)19(28)26-16-4-6-17(7-5-16)30-13-18(25)27/h1-7,12H,8-11,13H2,(H2,25,27)(H,26,28). The first kappa shape index (κ1) is 21.6. The number of carbonyl (C=O) groups excluding carboxylic acids is 2. The first-order valence-corrected chi connectivity index (χ1v) is 9.29. The molecule has 0 aliphatic carbocycles. The lowest BCUT2D eigenvalue weighted by Gasteiger charge is -2.36. The molecule has 6 nitrogen and oxygen atoms in total. The van der Waals surface area contributed by atoms with E-state index in [-0.39, 0.29) is 32.7 Å². The van der Waals surface area contributed by atoms with Gasteiger partial charge >= 0.3 is 6.18 Å². The summed E-state index contributed by atoms with van der Waals surface area (Å²) in [6.07, 6.45) is -3.97. The highest BCUT2D eigenvalue weighted by molar-refractivity contribution is 5.99. The van der Waals surface area contributed by atoms with Crippen LogP contribution in [-0.4, -0.2) is 31.6 Å². The first-order chi connectivity index (χ1) is 14.2. The number of primary amides is 1. The van der Waals surface area contributed by atoms with Crippen molar-refractivity contribution in [2.24, 2.45) is 5.73 Å². The number of nitrogens with two attached hydrogens (primary N) is 1. The fourth-order valence-electron chi connectivity index (χ4n) is 3.40. The zero-order chi connectivity index (χ0) is 21.8. The molecule has 0 spiro atoms. The molecule has 1 aliphatic rings. The van der Waals surface area contributed by atoms with Crippen molar-refractivity contribution in [2.45, 2.75) is 24.4 Å². The molecule has 3 rings (SSSR count). The van der Waals surface area contributed by atoms with Gasteiger partial charge in [-0.3, -0.25) is 9.59 Å². The van der Waals surface area contributed by atoms with Crippen molar-refractivity contribution >= 4 is 17.5 Å². The Labute approximate surface area is 171 Å². The number of hydrogen-bond donors (Lipinski definition) is 2. The van der Waals surface area contributed by atoms with Crippen LogP contribution in [0, 0.1) is 0 Å². The Balaban J connectivity index is 1.84. The zero-order valence-electron chi connectivity index (χ0n) is 16.0. The Morgan fingerprint density at radius 1 is 1.10 bits per heavy atom. The van der Waals surface area contributed by atoms with E-state index in [9.17, 15) is 22.8 Å². The lowest BCUT2D eigenvalue weighted by molar-refractivity contribution is -0.138. The molecule has 1 fully saturated rings. The van der Waals surface area contributed by atoms with Crippen LogP contribution in [0.2, 0.25) is 0 Å². The fourth-order valence-corrected chi connectivity index (χ4v) is 3.40. The summed E-state index contributed by atoms with van der Waals surface area (Å²) < 4.78 is 50.1. The summed E-state index contributed by atoms with van der Waals surface area (Å²) in [5.74, 6) is -0.628. The molecule has 30 heavy (non-hydrogen) atoms. The number of benzene rings is 2. The second-order valence-electron chi connectivity index (χ2n) is 7.01. The topological polar surface area (TPSA) is 90.7 Å². The van der Waals surface area contributed by atoms with Crippen LogP contribution in [0.25, 0.3) is 0 Å². The number of ether oxygens (including phenoxy) is 2. The largest absolute Gasteiger partial charge is 0.484 e. The molecule has 1 aliphatic heterocycles. The number of carbonyl (C=O) groups is 2. The predicted octanol–water partition coefficient (Wildman–Crippen LogP) is 3.26. The minimum absolute atomic E-state index is 0.264. The molecule has 2 aromatic carbocycles. The van der Waals surface area contributed by atoms with Gasteiger partial charge in [0.2, 0.25) is 5.91 Å². The minimum atomic E-state index is -4.50. The maximum Gasteiger partial charge on any atom is 0.416 e. The summed E-state index contributed by atoms with van der Waals surface area (Å²) in [6.45, 7) is 0.261. The molecule has 160 valence electrons. The molecule has 0 saturated carbocycles. The summed E-state index contributed by atoms with van der Waals surface area (Å²) in [5.41, 5.74) is 3.84. The monoisotopic (exact) mass is 422 g/mol. The highest BCUT2D eigenvalue weighted by Gasteiger charge is 2.43. The fraction of sp³-hybridized carbons (Fsp3) is 0.333. The second kappa shape index (κ2) is 8.74. The van der Waals surface area contributed by atoms with Gasteiger partial charge < -0.3 is 20.5 Å². The van der Waals surface area contributed by atoms with Crippen molar-refractivity contribution in [1.29, 1.82) is 0 Å². The summed E-state index contributed by atoms with van der Waals surface area (Å²) in [5, 5.41) is 2.78. The number of hydrogen-bond acceptors (Lipinski definition) is 4. The zero-order valence-corrected chi connectivity index (χ0v) is 16.0. The third-order valence-electron chi connectivity index (χ3n) is 5.02. The van der Waals surface area contributed by atoms with Crippen LogP contribution in [0.1, 0.15) is 24.0 Å². The molecule has 9 heteroatoms. The molecule has 0 radical (unpaired) electrons. The van der Waals surface area contributed by atoms with E-state index < -0.39 is 29.0 Å². The summed E-state index contributed by atoms with van der Waals surface area (Å²) >= 11 is 0. The van der Waals surface area contributed by atoms with Gasteiger partial charge in [0.1, 0.15) is 5.75 Å². The molecule has 2 amide bonds. The highest BCUT2D eigenvalue weighted by Crippen LogP contribution is 2.39. The molecule has 0 unspecified atom stereocenters. The summed E-state index contributed by atoms with van der Waals surface area (Å²) in [6, 6.07) is 11.1. The number of halogens is 3. The molecular weight excluding hydrogens is 401 g/mol. The number of nitrogens with one attached hydrogen (secondary N) is 1. The van der Waals surface area contributed by atoms with Gasteiger partial charge in [0.25, 0.3) is 5.91 Å². The molecule has 0 atom stereocenters. The summed E-state index contributed by atoms with van der Waals surface area (Å²) in [4.78, 5) is 24.0. The lowest BCUT2D eigenvalue weighted by atomic mass is 9.73. The highest BCUT2D eigenvalue weighted by atomic mass is 19.4. The Kier molecular flexibility index (Phi) is 6.31. The molecule has 3 N–H and O–H groups in total. The van der Waals surface area contributed by atoms with Crippen LogP contribution >= 0.6 is 0 Å². The first-order valence-electron chi connectivity index (χ1n) is 9.29. The van der Waals surface area contributed by atoms with E-state index >= 15 is 0 Å². The van der Waals surface area contributed by atoms with Crippen LogP contribution in [0.5, 0.6) is 5.75 Å². The van der Waals surface area contributed by atoms with Crippen LogP contribution in [0.15, 0.2) is 48.5 Å². The Morgan fingerprint density at radius 3 is 2.37 bits per heavy atom. The quantitative estimate of drug-likeness (QED) is 0.748. The van der Waals surface area contributed by atoms with Gasteiger partial charge in [0.05, 0.1) is 11.0 Å². The third kappa shape index (κ3) is 4.91. The van der Waals surface area contributed by atoms with Crippen LogP contribution in [0.4, 0.5) is 18.9 Å². The van der Waals surface area contributed by atoms with Crippen molar-refractivity contribution in [3.05, 3.63) is 59.7 Å². The van der Waals surface area contributed by atoms with Crippen LogP contribution in [0.3, 0.4) is 0 Å². The van der Waals surface area contributed by atoms with Gasteiger partial charge in [-0.2, -0.15) is 13.2 Å². The molecule has 2 aromatic rings. The van der Waals surface area contributed by atoms with Crippen molar-refractivity contribution in [2.75, 3.05) is 25.1 Å². The van der Waals surface area contributed by atoms with E-state index in [0.717, 1.165) is 12.1 Å². The van der Waals surface area contributed by atoms with Crippen LogP contribution in [-0.2, 0) is 25.9 Å². The molecular formula is C21H21F3N2O4. The Morgan fingerprint density at radius 2 is 1.77 bits per heavy atom. The Hall–Kier alpha value is -3.07. The SMILES string of the molecule is NC(=O)COc1ccc(NC(=O)C2(c3cccc(C(F)(F)F)c3)CCOCC2)cc1. The van der Waals surface area contributed by atoms with Crippen molar-refractivity contribution in [3.63, 3.8) is 0 Å². The van der Waals surface area contributed by atoms with E-state index in [2.05, 4.69) is 5.32 Å². The van der Waals surface area contributed by atoms with Crippen molar-refractivity contribution in [1.82, 2.24) is 0 Å². The van der Waals surface area contributed by atoms with Crippen molar-refractivity contribution < 1.29 is 32.2 Å². The van der Waals surface area contributed by atoms with Crippen molar-refractivity contribution in [3.8, 4) is 5.75 Å². The normalized spacial score (nSPS) is 16.0. The predicted molar refractivity (Wildman–Crippen MR) is 103 cm³/mol. The number of amides is 2. The Bertz CT molecular complexity index is 907. The molecule has 1 heterocycles. The summed E-state index contributed by atoms with van der Waals surface area (Å²) in [7, 11) is 0. The van der Waals surface area contributed by atoms with Gasteiger partial charge in [-0.1, -0.05) is 18.2 Å². The average Bonchev–Trinajstić information content (AvgIpc) is 2.73.